The van der Waals surface area contributed by atoms with Gasteiger partial charge in [0.2, 0.25) is 0 Å². The molecular weight excluding hydrogens is 288 g/mol. The maximum atomic E-state index is 11.1. The lowest BCUT2D eigenvalue weighted by atomic mass is 9.73. The van der Waals surface area contributed by atoms with Crippen LogP contribution in [0.2, 0.25) is 5.02 Å². The molecule has 2 rings (SSSR count). The van der Waals surface area contributed by atoms with Crippen LogP contribution in [0.4, 0.5) is 0 Å². The van der Waals surface area contributed by atoms with E-state index < -0.39 is 11.0 Å². The molecule has 0 bridgehead atoms. The van der Waals surface area contributed by atoms with Crippen LogP contribution in [0, 0.1) is 5.41 Å². The van der Waals surface area contributed by atoms with Crippen molar-refractivity contribution in [1.82, 2.24) is 9.97 Å². The molecule has 21 heavy (non-hydrogen) atoms. The van der Waals surface area contributed by atoms with E-state index in [9.17, 15) is 5.11 Å². The summed E-state index contributed by atoms with van der Waals surface area (Å²) in [7, 11) is 0. The normalized spacial score (nSPS) is 14.5. The molecular formula is C16H19ClN2O2. The summed E-state index contributed by atoms with van der Waals surface area (Å²) in [5.74, 6) is 0.652. The van der Waals surface area contributed by atoms with Gasteiger partial charge in [-0.15, -0.1) is 0 Å². The van der Waals surface area contributed by atoms with Gasteiger partial charge in [0.15, 0.2) is 0 Å². The van der Waals surface area contributed by atoms with Gasteiger partial charge in [-0.25, -0.2) is 9.97 Å². The van der Waals surface area contributed by atoms with E-state index in [4.69, 9.17) is 16.3 Å². The predicted octanol–water partition coefficient (Wildman–Crippen LogP) is 3.44. The Balaban J connectivity index is 2.24. The fraction of sp³-hybridized carbons (Fsp3) is 0.375. The quantitative estimate of drug-likeness (QED) is 0.940. The van der Waals surface area contributed by atoms with Gasteiger partial charge in [0, 0.05) is 23.0 Å². The SMILES string of the molecule is CC(C)(C)C(O)(COc1ccc(Cl)cc1)c1cncnc1. The van der Waals surface area contributed by atoms with Crippen LogP contribution in [0.25, 0.3) is 0 Å². The van der Waals surface area contributed by atoms with Crippen molar-refractivity contribution in [2.75, 3.05) is 6.61 Å². The number of aliphatic hydroxyl groups is 1. The lowest BCUT2D eigenvalue weighted by molar-refractivity contribution is -0.0949. The van der Waals surface area contributed by atoms with Gasteiger partial charge < -0.3 is 9.84 Å². The molecule has 4 nitrogen and oxygen atoms in total. The first kappa shape index (κ1) is 15.7. The Bertz CT molecular complexity index is 581. The van der Waals surface area contributed by atoms with Crippen molar-refractivity contribution in [3.05, 3.63) is 53.6 Å². The Morgan fingerprint density at radius 1 is 1.10 bits per heavy atom. The minimum Gasteiger partial charge on any atom is -0.490 e. The number of hydrogen-bond acceptors (Lipinski definition) is 4. The number of rotatable bonds is 4. The van der Waals surface area contributed by atoms with E-state index in [0.29, 0.717) is 16.3 Å². The number of benzene rings is 1. The van der Waals surface area contributed by atoms with E-state index in [-0.39, 0.29) is 6.61 Å². The molecule has 1 heterocycles. The highest BCUT2D eigenvalue weighted by Crippen LogP contribution is 2.39. The fourth-order valence-corrected chi connectivity index (χ4v) is 2.09. The number of nitrogens with zero attached hydrogens (tertiary/aromatic N) is 2. The van der Waals surface area contributed by atoms with Crippen molar-refractivity contribution < 1.29 is 9.84 Å². The molecule has 0 aliphatic carbocycles. The van der Waals surface area contributed by atoms with Crippen LogP contribution in [0.3, 0.4) is 0 Å². The zero-order chi connectivity index (χ0) is 15.5. The number of halogens is 1. The van der Waals surface area contributed by atoms with E-state index in [1.165, 1.54) is 6.33 Å². The van der Waals surface area contributed by atoms with E-state index in [1.54, 1.807) is 36.7 Å². The number of hydrogen-bond donors (Lipinski definition) is 1. The Kier molecular flexibility index (Phi) is 4.49. The molecule has 1 atom stereocenters. The Morgan fingerprint density at radius 3 is 2.19 bits per heavy atom. The third-order valence-corrected chi connectivity index (χ3v) is 3.79. The average Bonchev–Trinajstić information content (AvgIpc) is 2.46. The fourth-order valence-electron chi connectivity index (χ4n) is 1.96. The third-order valence-electron chi connectivity index (χ3n) is 3.54. The Labute approximate surface area is 129 Å². The molecule has 112 valence electrons. The summed E-state index contributed by atoms with van der Waals surface area (Å²) in [6, 6.07) is 7.04. The van der Waals surface area contributed by atoms with Gasteiger partial charge in [0.25, 0.3) is 0 Å². The molecule has 0 amide bonds. The molecule has 1 aromatic heterocycles. The van der Waals surface area contributed by atoms with Crippen LogP contribution in [-0.2, 0) is 5.60 Å². The van der Waals surface area contributed by atoms with Crippen molar-refractivity contribution >= 4 is 11.6 Å². The van der Waals surface area contributed by atoms with Crippen molar-refractivity contribution in [3.63, 3.8) is 0 Å². The second-order valence-corrected chi connectivity index (χ2v) is 6.42. The van der Waals surface area contributed by atoms with Gasteiger partial charge in [0.05, 0.1) is 0 Å². The maximum absolute atomic E-state index is 11.1. The lowest BCUT2D eigenvalue weighted by Gasteiger charge is -2.39. The monoisotopic (exact) mass is 306 g/mol. The molecule has 1 unspecified atom stereocenters. The topological polar surface area (TPSA) is 55.2 Å². The van der Waals surface area contributed by atoms with Crippen LogP contribution in [0.5, 0.6) is 5.75 Å². The summed E-state index contributed by atoms with van der Waals surface area (Å²) in [6.45, 7) is 5.95. The van der Waals surface area contributed by atoms with Gasteiger partial charge in [-0.2, -0.15) is 0 Å². The first-order valence-corrected chi connectivity index (χ1v) is 7.07. The molecule has 0 aliphatic rings. The third kappa shape index (κ3) is 3.52. The molecule has 0 radical (unpaired) electrons. The summed E-state index contributed by atoms with van der Waals surface area (Å²) >= 11 is 5.85. The highest BCUT2D eigenvalue weighted by Gasteiger charge is 2.43. The van der Waals surface area contributed by atoms with Crippen molar-refractivity contribution in [3.8, 4) is 5.75 Å². The smallest absolute Gasteiger partial charge is 0.131 e. The van der Waals surface area contributed by atoms with Crippen LogP contribution < -0.4 is 4.74 Å². The lowest BCUT2D eigenvalue weighted by Crippen LogP contribution is -2.45. The minimum atomic E-state index is -1.20. The van der Waals surface area contributed by atoms with Crippen LogP contribution in [0.15, 0.2) is 43.0 Å². The molecule has 0 saturated carbocycles. The molecule has 1 aromatic carbocycles. The number of ether oxygens (including phenoxy) is 1. The highest BCUT2D eigenvalue weighted by molar-refractivity contribution is 6.30. The second-order valence-electron chi connectivity index (χ2n) is 5.98. The largest absolute Gasteiger partial charge is 0.490 e. The summed E-state index contributed by atoms with van der Waals surface area (Å²) < 4.78 is 5.74. The van der Waals surface area contributed by atoms with E-state index in [1.807, 2.05) is 20.8 Å². The highest BCUT2D eigenvalue weighted by atomic mass is 35.5. The van der Waals surface area contributed by atoms with Crippen LogP contribution >= 0.6 is 11.6 Å². The van der Waals surface area contributed by atoms with Crippen molar-refractivity contribution in [1.29, 1.82) is 0 Å². The van der Waals surface area contributed by atoms with Gasteiger partial charge in [-0.05, 0) is 29.7 Å². The summed E-state index contributed by atoms with van der Waals surface area (Å²) in [6.07, 6.45) is 4.67. The standard InChI is InChI=1S/C16H19ClN2O2/c1-15(2,3)16(20,12-8-18-11-19-9-12)10-21-14-6-4-13(17)5-7-14/h4-9,11,20H,10H2,1-3H3. The van der Waals surface area contributed by atoms with Crippen LogP contribution in [0.1, 0.15) is 26.3 Å². The first-order valence-electron chi connectivity index (χ1n) is 6.69. The number of aromatic nitrogens is 2. The summed E-state index contributed by atoms with van der Waals surface area (Å²) in [5.41, 5.74) is -1.01. The molecule has 0 spiro atoms. The van der Waals surface area contributed by atoms with Crippen LogP contribution in [-0.4, -0.2) is 21.7 Å². The molecule has 0 aliphatic heterocycles. The Hall–Kier alpha value is -1.65. The minimum absolute atomic E-state index is 0.103. The molecule has 5 heteroatoms. The molecule has 0 saturated heterocycles. The Morgan fingerprint density at radius 2 is 1.67 bits per heavy atom. The van der Waals surface area contributed by atoms with E-state index >= 15 is 0 Å². The summed E-state index contributed by atoms with van der Waals surface area (Å²) in [4.78, 5) is 7.97. The van der Waals surface area contributed by atoms with Crippen molar-refractivity contribution in [2.45, 2.75) is 26.4 Å². The van der Waals surface area contributed by atoms with E-state index in [0.717, 1.165) is 0 Å². The van der Waals surface area contributed by atoms with E-state index in [2.05, 4.69) is 9.97 Å². The molecule has 1 N–H and O–H groups in total. The zero-order valence-electron chi connectivity index (χ0n) is 12.4. The zero-order valence-corrected chi connectivity index (χ0v) is 13.1. The predicted molar refractivity (Wildman–Crippen MR) is 82.3 cm³/mol. The average molecular weight is 307 g/mol. The molecule has 2 aromatic rings. The summed E-state index contributed by atoms with van der Waals surface area (Å²) in [5, 5.41) is 11.7. The maximum Gasteiger partial charge on any atom is 0.131 e. The molecule has 0 fully saturated rings. The van der Waals surface area contributed by atoms with Crippen molar-refractivity contribution in [2.24, 2.45) is 5.41 Å². The van der Waals surface area contributed by atoms with Gasteiger partial charge >= 0.3 is 0 Å². The first-order chi connectivity index (χ1) is 9.83. The second kappa shape index (κ2) is 6.00. The van der Waals surface area contributed by atoms with Gasteiger partial charge in [0.1, 0.15) is 24.3 Å². The van der Waals surface area contributed by atoms with Gasteiger partial charge in [-0.1, -0.05) is 32.4 Å². The van der Waals surface area contributed by atoms with Gasteiger partial charge in [-0.3, -0.25) is 0 Å².